The van der Waals surface area contributed by atoms with Crippen LogP contribution in [0.5, 0.6) is 0 Å². The molecule has 1 aromatic carbocycles. The van der Waals surface area contributed by atoms with Gasteiger partial charge >= 0.3 is 5.97 Å². The number of likely N-dealkylation sites (tertiary alicyclic amines) is 1. The van der Waals surface area contributed by atoms with Crippen LogP contribution in [-0.4, -0.2) is 60.0 Å². The van der Waals surface area contributed by atoms with Gasteiger partial charge < -0.3 is 20.7 Å². The van der Waals surface area contributed by atoms with Crippen LogP contribution >= 0.6 is 0 Å². The highest BCUT2D eigenvalue weighted by Gasteiger charge is 2.50. The molecule has 1 atom stereocenters. The quantitative estimate of drug-likeness (QED) is 0.124. The lowest BCUT2D eigenvalue weighted by molar-refractivity contribution is -0.150. The number of rotatable bonds is 15. The number of benzene rings is 1. The molecule has 1 heterocycles. The third-order valence-corrected chi connectivity index (χ3v) is 8.00. The van der Waals surface area contributed by atoms with E-state index in [0.717, 1.165) is 18.4 Å². The zero-order chi connectivity index (χ0) is 30.9. The molecule has 3 N–H and O–H groups in total. The minimum Gasteiger partial charge on any atom is -0.461 e. The van der Waals surface area contributed by atoms with Crippen molar-refractivity contribution in [3.8, 4) is 0 Å². The number of amides is 5. The zero-order valence-electron chi connectivity index (χ0n) is 25.1. The Hall–Kier alpha value is -3.76. The predicted octanol–water partition coefficient (Wildman–Crippen LogP) is 2.93. The van der Waals surface area contributed by atoms with Gasteiger partial charge in [-0.25, -0.2) is 0 Å². The molecule has 1 aromatic rings. The smallest absolute Gasteiger partial charge is 0.308 e. The maximum atomic E-state index is 12.9. The molecule has 0 aromatic heterocycles. The van der Waals surface area contributed by atoms with Crippen molar-refractivity contribution in [3.05, 3.63) is 29.8 Å². The Labute approximate surface area is 247 Å². The van der Waals surface area contributed by atoms with E-state index in [-0.39, 0.29) is 61.0 Å². The molecule has 1 aliphatic carbocycles. The van der Waals surface area contributed by atoms with Gasteiger partial charge in [-0.15, -0.1) is 0 Å². The van der Waals surface area contributed by atoms with Gasteiger partial charge in [-0.05, 0) is 55.7 Å². The second-order valence-electron chi connectivity index (χ2n) is 11.9. The van der Waals surface area contributed by atoms with E-state index in [1.54, 1.807) is 38.1 Å². The maximum absolute atomic E-state index is 12.9. The number of carbonyl (C=O) groups is 6. The molecule has 0 spiro atoms. The molecule has 0 bridgehead atoms. The Morgan fingerprint density at radius 2 is 1.62 bits per heavy atom. The Morgan fingerprint density at radius 3 is 2.19 bits per heavy atom. The van der Waals surface area contributed by atoms with E-state index >= 15 is 0 Å². The fourth-order valence-corrected chi connectivity index (χ4v) is 5.04. The van der Waals surface area contributed by atoms with E-state index in [4.69, 9.17) is 4.74 Å². The van der Waals surface area contributed by atoms with Crippen LogP contribution in [0.4, 0.5) is 5.69 Å². The molecule has 0 radical (unpaired) electrons. The second-order valence-corrected chi connectivity index (χ2v) is 11.9. The van der Waals surface area contributed by atoms with Crippen LogP contribution in [0.15, 0.2) is 24.3 Å². The first kappa shape index (κ1) is 32.8. The minimum atomic E-state index is -1.17. The van der Waals surface area contributed by atoms with Crippen LogP contribution < -0.4 is 16.0 Å². The molecule has 230 valence electrons. The normalized spacial score (nSPS) is 17.7. The largest absolute Gasteiger partial charge is 0.461 e. The lowest BCUT2D eigenvalue weighted by Gasteiger charge is -2.38. The van der Waals surface area contributed by atoms with Crippen molar-refractivity contribution in [2.24, 2.45) is 23.2 Å². The summed E-state index contributed by atoms with van der Waals surface area (Å²) in [6.07, 6.45) is 3.93. The van der Waals surface area contributed by atoms with Crippen LogP contribution in [0.2, 0.25) is 0 Å². The van der Waals surface area contributed by atoms with Crippen molar-refractivity contribution in [3.63, 3.8) is 0 Å². The summed E-state index contributed by atoms with van der Waals surface area (Å²) in [5, 5.41) is 8.16. The number of nitrogens with one attached hydrogen (secondary N) is 3. The zero-order valence-corrected chi connectivity index (χ0v) is 25.1. The number of carbonyl (C=O) groups excluding carboxylic acids is 6. The lowest BCUT2D eigenvalue weighted by atomic mass is 9.67. The average Bonchev–Trinajstić information content (AvgIpc) is 3.21. The number of nitrogens with zero attached hydrogens (tertiary/aromatic N) is 1. The molecule has 3 rings (SSSR count). The van der Waals surface area contributed by atoms with E-state index in [0.29, 0.717) is 44.5 Å². The van der Waals surface area contributed by atoms with Gasteiger partial charge in [0.1, 0.15) is 12.0 Å². The Kier molecular flexibility index (Phi) is 11.6. The molecule has 1 unspecified atom stereocenters. The van der Waals surface area contributed by atoms with Gasteiger partial charge in [0, 0.05) is 31.1 Å². The molecular weight excluding hydrogens is 540 g/mol. The summed E-state index contributed by atoms with van der Waals surface area (Å²) in [7, 11) is 0. The summed E-state index contributed by atoms with van der Waals surface area (Å²) in [5.74, 6) is -2.02. The number of esters is 1. The highest BCUT2D eigenvalue weighted by Crippen LogP contribution is 2.41. The van der Waals surface area contributed by atoms with Crippen molar-refractivity contribution in [2.45, 2.75) is 79.2 Å². The minimum absolute atomic E-state index is 0.0887. The molecule has 2 fully saturated rings. The summed E-state index contributed by atoms with van der Waals surface area (Å²) >= 11 is 0. The lowest BCUT2D eigenvalue weighted by Crippen LogP contribution is -2.56. The monoisotopic (exact) mass is 584 g/mol. The Morgan fingerprint density at radius 1 is 0.952 bits per heavy atom. The van der Waals surface area contributed by atoms with Gasteiger partial charge in [0.2, 0.25) is 29.5 Å². The number of hydrogen-bond donors (Lipinski definition) is 3. The fourth-order valence-electron chi connectivity index (χ4n) is 5.04. The number of anilines is 1. The van der Waals surface area contributed by atoms with E-state index in [9.17, 15) is 28.8 Å². The van der Waals surface area contributed by atoms with E-state index < -0.39 is 17.2 Å². The van der Waals surface area contributed by atoms with Gasteiger partial charge in [0.05, 0.1) is 12.5 Å². The fraction of sp³-hybridized carbons (Fsp3) is 0.613. The van der Waals surface area contributed by atoms with Crippen molar-refractivity contribution in [1.82, 2.24) is 15.5 Å². The van der Waals surface area contributed by atoms with Crippen molar-refractivity contribution in [1.29, 1.82) is 0 Å². The first-order chi connectivity index (χ1) is 19.9. The van der Waals surface area contributed by atoms with Crippen LogP contribution in [0, 0.1) is 23.2 Å². The number of imide groups is 1. The molecule has 11 heteroatoms. The molecule has 1 saturated carbocycles. The molecule has 1 aliphatic heterocycles. The van der Waals surface area contributed by atoms with E-state index in [1.165, 1.54) is 4.90 Å². The maximum Gasteiger partial charge on any atom is 0.308 e. The van der Waals surface area contributed by atoms with Gasteiger partial charge in [-0.2, -0.15) is 0 Å². The van der Waals surface area contributed by atoms with Crippen molar-refractivity contribution < 1.29 is 33.5 Å². The van der Waals surface area contributed by atoms with Crippen LogP contribution in [0.3, 0.4) is 0 Å². The third-order valence-electron chi connectivity index (χ3n) is 8.00. The summed E-state index contributed by atoms with van der Waals surface area (Å²) < 4.78 is 5.19. The highest BCUT2D eigenvalue weighted by atomic mass is 16.5. The summed E-state index contributed by atoms with van der Waals surface area (Å²) in [5.41, 5.74) is 0.141. The summed E-state index contributed by atoms with van der Waals surface area (Å²) in [6, 6.07) is 6.84. The first-order valence-electron chi connectivity index (χ1n) is 14.9. The number of unbranched alkanes of at least 4 members (excludes halogenated alkanes) is 2. The van der Waals surface area contributed by atoms with Gasteiger partial charge in [0.25, 0.3) is 0 Å². The van der Waals surface area contributed by atoms with Crippen molar-refractivity contribution >= 4 is 41.2 Å². The molecular formula is C31H44N4O7. The topological polar surface area (TPSA) is 151 Å². The van der Waals surface area contributed by atoms with Crippen LogP contribution in [-0.2, 0) is 40.1 Å². The predicted molar refractivity (Wildman–Crippen MR) is 156 cm³/mol. The highest BCUT2D eigenvalue weighted by molar-refractivity contribution is 6.07. The molecule has 2 aliphatic rings. The van der Waals surface area contributed by atoms with E-state index in [2.05, 4.69) is 16.0 Å². The first-order valence-corrected chi connectivity index (χ1v) is 14.9. The molecule has 42 heavy (non-hydrogen) atoms. The molecule has 5 amide bonds. The summed E-state index contributed by atoms with van der Waals surface area (Å²) in [4.78, 5) is 75.8. The standard InChI is InChI=1S/C31H44N4O7/c1-20(2)24-17-26(37)35(27(24)38)16-7-5-6-15-32-29(40)31(13-8-14-31)30(41)33-18-25(36)34-23-11-9-22(10-12-23)19-42-28(39)21(3)4/h9-12,20-21,24H,5-8,13-19H2,1-4H3,(H,32,40)(H,33,41)(H,34,36). The van der Waals surface area contributed by atoms with E-state index in [1.807, 2.05) is 13.8 Å². The Balaban J connectivity index is 1.35. The number of ether oxygens (including phenoxy) is 1. The Bertz CT molecular complexity index is 1160. The molecule has 1 saturated heterocycles. The van der Waals surface area contributed by atoms with Gasteiger partial charge in [-0.1, -0.05) is 46.2 Å². The second kappa shape index (κ2) is 14.9. The average molecular weight is 585 g/mol. The SMILES string of the molecule is CC(C)C(=O)OCc1ccc(NC(=O)CNC(=O)C2(C(=O)NCCCCCN3C(=O)CC(C(C)C)C3=O)CCC2)cc1. The van der Waals surface area contributed by atoms with Gasteiger partial charge in [0.15, 0.2) is 0 Å². The molecule has 11 nitrogen and oxygen atoms in total. The van der Waals surface area contributed by atoms with Crippen molar-refractivity contribution in [2.75, 3.05) is 25.0 Å². The summed E-state index contributed by atoms with van der Waals surface area (Å²) in [6.45, 7) is 8.06. The van der Waals surface area contributed by atoms with Crippen LogP contribution in [0.1, 0.15) is 78.2 Å². The van der Waals surface area contributed by atoms with Gasteiger partial charge in [-0.3, -0.25) is 33.7 Å². The third kappa shape index (κ3) is 8.39. The van der Waals surface area contributed by atoms with Crippen LogP contribution in [0.25, 0.3) is 0 Å². The number of hydrogen-bond acceptors (Lipinski definition) is 7.